The third-order valence-corrected chi connectivity index (χ3v) is 10.7. The first-order chi connectivity index (χ1) is 28.3. The number of nitrogens with zero attached hydrogens (tertiary/aromatic N) is 4. The largest absolute Gasteiger partial charge is 0.481 e. The molecule has 0 spiro atoms. The van der Waals surface area contributed by atoms with Gasteiger partial charge >= 0.3 is 0 Å². The molecule has 2 saturated heterocycles. The van der Waals surface area contributed by atoms with E-state index >= 15 is 0 Å². The average molecular weight is 775 g/mol. The molecule has 292 valence electrons. The molecule has 4 heterocycles. The van der Waals surface area contributed by atoms with Gasteiger partial charge < -0.3 is 29.9 Å². The Bertz CT molecular complexity index is 2380. The Kier molecular flexibility index (Phi) is 10.8. The van der Waals surface area contributed by atoms with Gasteiger partial charge in [-0.1, -0.05) is 84.9 Å². The third kappa shape index (κ3) is 7.81. The topological polar surface area (TPSA) is 143 Å². The number of amides is 4. The van der Waals surface area contributed by atoms with Crippen LogP contribution < -0.4 is 20.1 Å². The predicted molar refractivity (Wildman–Crippen MR) is 224 cm³/mol. The van der Waals surface area contributed by atoms with Gasteiger partial charge in [0, 0.05) is 47.4 Å². The molecule has 2 atom stereocenters. The number of aromatic nitrogens is 2. The van der Waals surface area contributed by atoms with Crippen LogP contribution >= 0.6 is 0 Å². The van der Waals surface area contributed by atoms with Gasteiger partial charge in [0.2, 0.25) is 23.6 Å². The molecule has 8 rings (SSSR count). The maximum absolute atomic E-state index is 13.8. The van der Waals surface area contributed by atoms with Gasteiger partial charge in [-0.25, -0.2) is 9.97 Å². The summed E-state index contributed by atoms with van der Waals surface area (Å²) in [6.07, 6.45) is 6.45. The highest BCUT2D eigenvalue weighted by Crippen LogP contribution is 2.29. The van der Waals surface area contributed by atoms with E-state index in [2.05, 4.69) is 20.6 Å². The number of hydrogen-bond donors (Lipinski definition) is 2. The van der Waals surface area contributed by atoms with Gasteiger partial charge in [0.1, 0.15) is 23.5 Å². The molecule has 2 N–H and O–H groups in total. The summed E-state index contributed by atoms with van der Waals surface area (Å²) in [6, 6.07) is 32.3. The maximum atomic E-state index is 13.8. The Hall–Kier alpha value is -7.08. The summed E-state index contributed by atoms with van der Waals surface area (Å²) in [5.74, 6) is -0.401. The van der Waals surface area contributed by atoms with Crippen molar-refractivity contribution in [2.45, 2.75) is 37.8 Å². The van der Waals surface area contributed by atoms with Crippen LogP contribution in [0.15, 0.2) is 109 Å². The molecule has 4 aromatic carbocycles. The van der Waals surface area contributed by atoms with Gasteiger partial charge in [0.15, 0.2) is 0 Å². The van der Waals surface area contributed by atoms with Crippen molar-refractivity contribution in [2.24, 2.45) is 0 Å². The van der Waals surface area contributed by atoms with Crippen LogP contribution in [0.2, 0.25) is 0 Å². The number of carbonyl (C=O) groups excluding carboxylic acids is 4. The SMILES string of the molecule is COc1cc2ccccc2c(C(=O)N2CCC[C@H]2C(=O)Nc2ccc(/C=C/c3ccc(NC(=O)[C@@H]4CCCN4C(=O)c4nc(OC)cc5ccccc45)cc3)cc2)n1. The lowest BCUT2D eigenvalue weighted by molar-refractivity contribution is -0.120. The number of nitrogens with one attached hydrogen (secondary N) is 2. The quantitative estimate of drug-likeness (QED) is 0.137. The van der Waals surface area contributed by atoms with Crippen LogP contribution in [0.25, 0.3) is 33.7 Å². The lowest BCUT2D eigenvalue weighted by atomic mass is 10.1. The number of benzene rings is 4. The van der Waals surface area contributed by atoms with Crippen LogP contribution in [0, 0.1) is 0 Å². The highest BCUT2D eigenvalue weighted by Gasteiger charge is 2.37. The summed E-state index contributed by atoms with van der Waals surface area (Å²) in [4.78, 5) is 66.6. The molecule has 0 unspecified atom stereocenters. The number of likely N-dealkylation sites (tertiary alicyclic amines) is 2. The number of rotatable bonds is 10. The number of hydrogen-bond acceptors (Lipinski definition) is 8. The third-order valence-electron chi connectivity index (χ3n) is 10.7. The van der Waals surface area contributed by atoms with E-state index in [1.165, 1.54) is 14.2 Å². The van der Waals surface area contributed by atoms with Crippen molar-refractivity contribution < 1.29 is 28.7 Å². The van der Waals surface area contributed by atoms with E-state index in [0.29, 0.717) is 72.7 Å². The first-order valence-electron chi connectivity index (χ1n) is 19.3. The monoisotopic (exact) mass is 774 g/mol. The molecule has 12 nitrogen and oxygen atoms in total. The fraction of sp³-hybridized carbons (Fsp3) is 0.217. The summed E-state index contributed by atoms with van der Waals surface area (Å²) in [5.41, 5.74) is 3.64. The standard InChI is InChI=1S/C46H42N6O6/c1-57-39-27-31-9-3-5-11-35(31)41(49-39)45(55)51-25-7-13-37(51)43(53)47-33-21-17-29(18-22-33)15-16-30-19-23-34(24-20-30)48-44(54)38-14-8-26-52(38)46(56)42-36-12-6-4-10-32(36)28-40(50-42)58-2/h3-6,9-12,15-24,27-28,37-38H,7-8,13-14,25-26H2,1-2H3,(H,47,53)(H,48,54)/b16-15+/t37-,38-/m0/s1. The molecule has 58 heavy (non-hydrogen) atoms. The summed E-state index contributed by atoms with van der Waals surface area (Å²) in [6.45, 7) is 0.921. The first-order valence-corrected chi connectivity index (χ1v) is 19.3. The molecule has 12 heteroatoms. The lowest BCUT2D eigenvalue weighted by Crippen LogP contribution is -2.43. The first kappa shape index (κ1) is 37.8. The molecule has 0 saturated carbocycles. The van der Waals surface area contributed by atoms with E-state index in [1.54, 1.807) is 21.9 Å². The fourth-order valence-electron chi connectivity index (χ4n) is 7.72. The molecule has 2 aliphatic rings. The van der Waals surface area contributed by atoms with Gasteiger partial charge in [-0.15, -0.1) is 0 Å². The van der Waals surface area contributed by atoms with E-state index < -0.39 is 12.1 Å². The number of anilines is 2. The van der Waals surface area contributed by atoms with E-state index in [9.17, 15) is 19.2 Å². The lowest BCUT2D eigenvalue weighted by Gasteiger charge is -2.24. The molecule has 6 aromatic rings. The Morgan fingerprint density at radius 1 is 0.586 bits per heavy atom. The van der Waals surface area contributed by atoms with Gasteiger partial charge in [0.05, 0.1) is 14.2 Å². The van der Waals surface area contributed by atoms with E-state index in [-0.39, 0.29) is 35.0 Å². The molecule has 0 aliphatic carbocycles. The smallest absolute Gasteiger partial charge is 0.273 e. The Morgan fingerprint density at radius 3 is 1.38 bits per heavy atom. The zero-order chi connectivity index (χ0) is 40.2. The van der Waals surface area contributed by atoms with Gasteiger partial charge in [-0.2, -0.15) is 0 Å². The van der Waals surface area contributed by atoms with Crippen LogP contribution in [-0.4, -0.2) is 82.8 Å². The molecule has 2 aliphatic heterocycles. The van der Waals surface area contributed by atoms with E-state index in [1.807, 2.05) is 109 Å². The van der Waals surface area contributed by atoms with Crippen LogP contribution in [0.1, 0.15) is 57.8 Å². The second-order valence-corrected chi connectivity index (χ2v) is 14.3. The number of carbonyl (C=O) groups is 4. The van der Waals surface area contributed by atoms with E-state index in [0.717, 1.165) is 21.9 Å². The molecular weight excluding hydrogens is 733 g/mol. The summed E-state index contributed by atoms with van der Waals surface area (Å²) in [5, 5.41) is 9.08. The Labute approximate surface area is 335 Å². The second kappa shape index (κ2) is 16.6. The zero-order valence-corrected chi connectivity index (χ0v) is 32.2. The second-order valence-electron chi connectivity index (χ2n) is 14.3. The van der Waals surface area contributed by atoms with Crippen molar-refractivity contribution in [1.82, 2.24) is 19.8 Å². The van der Waals surface area contributed by atoms with Crippen LogP contribution in [-0.2, 0) is 9.59 Å². The Morgan fingerprint density at radius 2 is 0.983 bits per heavy atom. The molecule has 4 amide bonds. The molecule has 2 aromatic heterocycles. The molecule has 0 bridgehead atoms. The van der Waals surface area contributed by atoms with Crippen molar-refractivity contribution in [2.75, 3.05) is 37.9 Å². The van der Waals surface area contributed by atoms with E-state index in [4.69, 9.17) is 9.47 Å². The summed E-state index contributed by atoms with van der Waals surface area (Å²) >= 11 is 0. The van der Waals surface area contributed by atoms with Crippen molar-refractivity contribution >= 4 is 68.7 Å². The van der Waals surface area contributed by atoms with Crippen molar-refractivity contribution in [3.05, 3.63) is 132 Å². The zero-order valence-electron chi connectivity index (χ0n) is 32.2. The minimum atomic E-state index is -0.622. The van der Waals surface area contributed by atoms with Crippen molar-refractivity contribution in [1.29, 1.82) is 0 Å². The number of pyridine rings is 2. The van der Waals surface area contributed by atoms with Crippen molar-refractivity contribution in [3.63, 3.8) is 0 Å². The number of methoxy groups -OCH3 is 2. The van der Waals surface area contributed by atoms with Crippen molar-refractivity contribution in [3.8, 4) is 11.8 Å². The highest BCUT2D eigenvalue weighted by molar-refractivity contribution is 6.09. The summed E-state index contributed by atoms with van der Waals surface area (Å²) in [7, 11) is 3.03. The highest BCUT2D eigenvalue weighted by atomic mass is 16.5. The predicted octanol–water partition coefficient (Wildman–Crippen LogP) is 7.46. The number of ether oxygens (including phenoxy) is 2. The van der Waals surface area contributed by atoms with Gasteiger partial charge in [0.25, 0.3) is 11.8 Å². The van der Waals surface area contributed by atoms with Crippen LogP contribution in [0.3, 0.4) is 0 Å². The fourth-order valence-corrected chi connectivity index (χ4v) is 7.72. The van der Waals surface area contributed by atoms with Gasteiger partial charge in [-0.3, -0.25) is 19.2 Å². The summed E-state index contributed by atoms with van der Waals surface area (Å²) < 4.78 is 10.7. The molecular formula is C46H42N6O6. The molecule has 2 fully saturated rings. The van der Waals surface area contributed by atoms with Crippen LogP contribution in [0.4, 0.5) is 11.4 Å². The minimum Gasteiger partial charge on any atom is -0.481 e. The average Bonchev–Trinajstić information content (AvgIpc) is 3.97. The maximum Gasteiger partial charge on any atom is 0.273 e. The number of fused-ring (bicyclic) bond motifs is 2. The van der Waals surface area contributed by atoms with Crippen LogP contribution in [0.5, 0.6) is 11.8 Å². The molecule has 0 radical (unpaired) electrons. The van der Waals surface area contributed by atoms with Gasteiger partial charge in [-0.05, 0) is 71.8 Å². The minimum absolute atomic E-state index is 0.247. The normalized spacial score (nSPS) is 16.5. The Balaban J connectivity index is 0.868.